The second kappa shape index (κ2) is 8.47. The van der Waals surface area contributed by atoms with E-state index in [9.17, 15) is 14.7 Å². The number of hydrogen-bond acceptors (Lipinski definition) is 7. The lowest BCUT2D eigenvalue weighted by molar-refractivity contribution is -0.149. The van der Waals surface area contributed by atoms with Gasteiger partial charge in [-0.1, -0.05) is 0 Å². The number of ether oxygens (including phenoxy) is 4. The molecule has 0 fully saturated rings. The maximum atomic E-state index is 11.9. The van der Waals surface area contributed by atoms with Gasteiger partial charge in [0.15, 0.2) is 6.79 Å². The fraction of sp³-hybridized carbons (Fsp3) is 0.412. The second-order valence-corrected chi connectivity index (χ2v) is 5.13. The molecule has 1 aliphatic rings. The molecule has 0 spiro atoms. The lowest BCUT2D eigenvalue weighted by Gasteiger charge is -2.19. The summed E-state index contributed by atoms with van der Waals surface area (Å²) in [6.45, 7) is 1.02. The SMILES string of the molecule is COCCOCOc1ccc2c(c1)CCC(C(=O)C(=O)OC)=C2O. The minimum Gasteiger partial charge on any atom is -0.507 e. The number of aryl methyl sites for hydroxylation is 1. The van der Waals surface area contributed by atoms with Crippen molar-refractivity contribution in [1.82, 2.24) is 0 Å². The summed E-state index contributed by atoms with van der Waals surface area (Å²) in [6.07, 6.45) is 0.778. The molecule has 0 unspecified atom stereocenters. The highest BCUT2D eigenvalue weighted by Crippen LogP contribution is 2.32. The molecule has 0 bridgehead atoms. The Morgan fingerprint density at radius 3 is 2.67 bits per heavy atom. The zero-order chi connectivity index (χ0) is 17.5. The Morgan fingerprint density at radius 1 is 1.17 bits per heavy atom. The molecule has 0 amide bonds. The quantitative estimate of drug-likeness (QED) is 0.334. The highest BCUT2D eigenvalue weighted by molar-refractivity contribution is 6.41. The minimum atomic E-state index is -0.979. The average Bonchev–Trinajstić information content (AvgIpc) is 2.60. The average molecular weight is 336 g/mol. The van der Waals surface area contributed by atoms with Gasteiger partial charge in [-0.15, -0.1) is 0 Å². The van der Waals surface area contributed by atoms with Gasteiger partial charge < -0.3 is 24.1 Å². The standard InChI is InChI=1S/C17H20O7/c1-21-7-8-23-10-24-12-4-6-13-11(9-12)3-5-14(15(13)18)16(19)17(20)22-2/h4,6,9,18H,3,5,7-8,10H2,1-2H3. The molecule has 0 heterocycles. The summed E-state index contributed by atoms with van der Waals surface area (Å²) in [5.74, 6) is -1.38. The van der Waals surface area contributed by atoms with Gasteiger partial charge in [0.05, 0.1) is 20.3 Å². The van der Waals surface area contributed by atoms with E-state index in [1.54, 1.807) is 25.3 Å². The minimum absolute atomic E-state index is 0.0749. The summed E-state index contributed by atoms with van der Waals surface area (Å²) in [5, 5.41) is 10.3. The van der Waals surface area contributed by atoms with Gasteiger partial charge in [0.1, 0.15) is 11.5 Å². The number of rotatable bonds is 8. The number of benzene rings is 1. The Bertz CT molecular complexity index is 648. The fourth-order valence-electron chi connectivity index (χ4n) is 2.39. The van der Waals surface area contributed by atoms with Gasteiger partial charge in [-0.2, -0.15) is 0 Å². The third-order valence-electron chi connectivity index (χ3n) is 3.65. The molecule has 24 heavy (non-hydrogen) atoms. The molecule has 1 N–H and O–H groups in total. The van der Waals surface area contributed by atoms with Crippen LogP contribution in [0.3, 0.4) is 0 Å². The number of esters is 1. The van der Waals surface area contributed by atoms with E-state index < -0.39 is 11.8 Å². The topological polar surface area (TPSA) is 91.3 Å². The van der Waals surface area contributed by atoms with Crippen LogP contribution in [0.2, 0.25) is 0 Å². The van der Waals surface area contributed by atoms with Crippen molar-refractivity contribution in [3.8, 4) is 5.75 Å². The number of carbonyl (C=O) groups excluding carboxylic acids is 2. The van der Waals surface area contributed by atoms with E-state index in [2.05, 4.69) is 4.74 Å². The first-order chi connectivity index (χ1) is 11.6. The van der Waals surface area contributed by atoms with Crippen molar-refractivity contribution in [3.63, 3.8) is 0 Å². The van der Waals surface area contributed by atoms with Crippen LogP contribution in [0.5, 0.6) is 5.75 Å². The molecule has 0 aliphatic heterocycles. The molecular weight excluding hydrogens is 316 g/mol. The molecule has 7 heteroatoms. The van der Waals surface area contributed by atoms with Gasteiger partial charge in [0, 0.05) is 18.2 Å². The number of Topliss-reactive ketones (excluding diaryl/α,β-unsaturated/α-hetero) is 1. The van der Waals surface area contributed by atoms with Gasteiger partial charge >= 0.3 is 5.97 Å². The van der Waals surface area contributed by atoms with Crippen LogP contribution in [0.4, 0.5) is 0 Å². The Labute approximate surface area is 139 Å². The zero-order valence-electron chi connectivity index (χ0n) is 13.7. The van der Waals surface area contributed by atoms with Crippen LogP contribution in [0.15, 0.2) is 23.8 Å². The van der Waals surface area contributed by atoms with Gasteiger partial charge in [-0.05, 0) is 36.6 Å². The summed E-state index contributed by atoms with van der Waals surface area (Å²) in [5.41, 5.74) is 1.43. The van der Waals surface area contributed by atoms with Crippen LogP contribution in [0.1, 0.15) is 17.5 Å². The van der Waals surface area contributed by atoms with Crippen molar-refractivity contribution in [1.29, 1.82) is 0 Å². The first-order valence-corrected chi connectivity index (χ1v) is 7.46. The molecule has 1 aromatic carbocycles. The molecule has 0 atom stereocenters. The molecule has 2 rings (SSSR count). The monoisotopic (exact) mass is 336 g/mol. The molecule has 1 aromatic rings. The van der Waals surface area contributed by atoms with E-state index in [1.165, 1.54) is 0 Å². The number of aliphatic hydroxyl groups is 1. The molecule has 0 aromatic heterocycles. The number of hydrogen-bond donors (Lipinski definition) is 1. The van der Waals surface area contributed by atoms with Crippen molar-refractivity contribution in [3.05, 3.63) is 34.9 Å². The Kier molecular flexibility index (Phi) is 6.34. The number of methoxy groups -OCH3 is 2. The molecule has 7 nitrogen and oxygen atoms in total. The molecule has 130 valence electrons. The van der Waals surface area contributed by atoms with E-state index in [-0.39, 0.29) is 24.5 Å². The van der Waals surface area contributed by atoms with Crippen LogP contribution >= 0.6 is 0 Å². The van der Waals surface area contributed by atoms with E-state index >= 15 is 0 Å². The van der Waals surface area contributed by atoms with E-state index in [4.69, 9.17) is 14.2 Å². The third-order valence-corrected chi connectivity index (χ3v) is 3.65. The fourth-order valence-corrected chi connectivity index (χ4v) is 2.39. The van der Waals surface area contributed by atoms with Gasteiger partial charge in [0.2, 0.25) is 0 Å². The number of carbonyl (C=O) groups is 2. The lowest BCUT2D eigenvalue weighted by Crippen LogP contribution is -2.21. The van der Waals surface area contributed by atoms with Crippen LogP contribution in [-0.2, 0) is 30.2 Å². The predicted octanol–water partition coefficient (Wildman–Crippen LogP) is 1.64. The smallest absolute Gasteiger partial charge is 0.379 e. The number of aliphatic hydroxyl groups excluding tert-OH is 1. The first-order valence-electron chi connectivity index (χ1n) is 7.46. The van der Waals surface area contributed by atoms with Crippen molar-refractivity contribution >= 4 is 17.5 Å². The number of ketones is 1. The first kappa shape index (κ1) is 18.0. The Hall–Kier alpha value is -2.38. The summed E-state index contributed by atoms with van der Waals surface area (Å²) >= 11 is 0. The Balaban J connectivity index is 2.08. The summed E-state index contributed by atoms with van der Waals surface area (Å²) in [7, 11) is 2.72. The van der Waals surface area contributed by atoms with Crippen LogP contribution in [0, 0.1) is 0 Å². The number of fused-ring (bicyclic) bond motifs is 1. The molecule has 0 radical (unpaired) electrons. The van der Waals surface area contributed by atoms with Gasteiger partial charge in [0.25, 0.3) is 5.78 Å². The zero-order valence-corrected chi connectivity index (χ0v) is 13.7. The molecule has 1 aliphatic carbocycles. The third kappa shape index (κ3) is 4.12. The van der Waals surface area contributed by atoms with E-state index in [1.807, 2.05) is 0 Å². The Morgan fingerprint density at radius 2 is 1.96 bits per heavy atom. The normalized spacial score (nSPS) is 13.4. The van der Waals surface area contributed by atoms with E-state index in [0.29, 0.717) is 30.9 Å². The molecule has 0 saturated carbocycles. The summed E-state index contributed by atoms with van der Waals surface area (Å²) in [4.78, 5) is 23.3. The summed E-state index contributed by atoms with van der Waals surface area (Å²) < 4.78 is 20.0. The molecule has 0 saturated heterocycles. The summed E-state index contributed by atoms with van der Waals surface area (Å²) in [6, 6.07) is 5.10. The highest BCUT2D eigenvalue weighted by Gasteiger charge is 2.28. The molecular formula is C17H20O7. The van der Waals surface area contributed by atoms with Crippen molar-refractivity contribution in [2.24, 2.45) is 0 Å². The van der Waals surface area contributed by atoms with Crippen molar-refractivity contribution < 1.29 is 33.6 Å². The van der Waals surface area contributed by atoms with Crippen molar-refractivity contribution in [2.75, 3.05) is 34.2 Å². The van der Waals surface area contributed by atoms with Crippen molar-refractivity contribution in [2.45, 2.75) is 12.8 Å². The van der Waals surface area contributed by atoms with Crippen LogP contribution in [0.25, 0.3) is 5.76 Å². The lowest BCUT2D eigenvalue weighted by atomic mass is 9.88. The van der Waals surface area contributed by atoms with Crippen LogP contribution < -0.4 is 4.74 Å². The van der Waals surface area contributed by atoms with Gasteiger partial charge in [-0.3, -0.25) is 4.79 Å². The van der Waals surface area contributed by atoms with E-state index in [0.717, 1.165) is 12.7 Å². The maximum Gasteiger partial charge on any atom is 0.379 e. The second-order valence-electron chi connectivity index (χ2n) is 5.13. The van der Waals surface area contributed by atoms with Crippen LogP contribution in [-0.4, -0.2) is 51.1 Å². The largest absolute Gasteiger partial charge is 0.507 e. The predicted molar refractivity (Wildman–Crippen MR) is 84.7 cm³/mol. The van der Waals surface area contributed by atoms with Gasteiger partial charge in [-0.25, -0.2) is 4.79 Å². The highest BCUT2D eigenvalue weighted by atomic mass is 16.7. The maximum absolute atomic E-state index is 11.9.